The van der Waals surface area contributed by atoms with Crippen LogP contribution in [0.2, 0.25) is 10.0 Å². The predicted molar refractivity (Wildman–Crippen MR) is 66.5 cm³/mol. The SMILES string of the molecule is N#Cc1nc(-c2c(Cl)cccc2Cl)[nH]c1Br. The van der Waals surface area contributed by atoms with Crippen molar-refractivity contribution in [3.8, 4) is 17.5 Å². The number of rotatable bonds is 1. The van der Waals surface area contributed by atoms with E-state index in [1.807, 2.05) is 6.07 Å². The lowest BCUT2D eigenvalue weighted by Crippen LogP contribution is -1.84. The quantitative estimate of drug-likeness (QED) is 0.864. The van der Waals surface area contributed by atoms with Gasteiger partial charge in [0.25, 0.3) is 0 Å². The van der Waals surface area contributed by atoms with Crippen LogP contribution < -0.4 is 0 Å². The summed E-state index contributed by atoms with van der Waals surface area (Å²) in [6.45, 7) is 0. The number of aromatic amines is 1. The minimum Gasteiger partial charge on any atom is -0.331 e. The third-order valence-electron chi connectivity index (χ3n) is 1.97. The van der Waals surface area contributed by atoms with Gasteiger partial charge in [-0.15, -0.1) is 0 Å². The summed E-state index contributed by atoms with van der Waals surface area (Å²) in [6, 6.07) is 7.12. The predicted octanol–water partition coefficient (Wildman–Crippen LogP) is 4.02. The maximum Gasteiger partial charge on any atom is 0.173 e. The minimum atomic E-state index is 0.269. The van der Waals surface area contributed by atoms with Crippen molar-refractivity contribution >= 4 is 39.1 Å². The Hall–Kier alpha value is -1.02. The Balaban J connectivity index is 2.64. The van der Waals surface area contributed by atoms with Crippen molar-refractivity contribution in [2.24, 2.45) is 0 Å². The first-order valence-electron chi connectivity index (χ1n) is 4.23. The lowest BCUT2D eigenvalue weighted by Gasteiger charge is -2.02. The van der Waals surface area contributed by atoms with E-state index in [4.69, 9.17) is 28.5 Å². The standard InChI is InChI=1S/C10H4BrCl2N3/c11-9-7(4-14)15-10(16-9)8-5(12)2-1-3-6(8)13/h1-3H,(H,15,16). The molecule has 0 bridgehead atoms. The van der Waals surface area contributed by atoms with Gasteiger partial charge in [-0.2, -0.15) is 5.26 Å². The highest BCUT2D eigenvalue weighted by molar-refractivity contribution is 9.10. The lowest BCUT2D eigenvalue weighted by molar-refractivity contribution is 1.29. The van der Waals surface area contributed by atoms with E-state index in [9.17, 15) is 0 Å². The summed E-state index contributed by atoms with van der Waals surface area (Å²) >= 11 is 15.2. The molecule has 6 heteroatoms. The molecule has 0 aliphatic rings. The zero-order valence-corrected chi connectivity index (χ0v) is 10.9. The van der Waals surface area contributed by atoms with Crippen molar-refractivity contribution in [3.63, 3.8) is 0 Å². The second-order valence-corrected chi connectivity index (χ2v) is 4.56. The number of nitrogens with one attached hydrogen (secondary N) is 1. The number of hydrogen-bond acceptors (Lipinski definition) is 2. The second-order valence-electron chi connectivity index (χ2n) is 2.96. The summed E-state index contributed by atoms with van der Waals surface area (Å²) in [5.74, 6) is 0.471. The molecular formula is C10H4BrCl2N3. The van der Waals surface area contributed by atoms with E-state index >= 15 is 0 Å². The highest BCUT2D eigenvalue weighted by atomic mass is 79.9. The molecular weight excluding hydrogens is 313 g/mol. The number of H-pyrrole nitrogens is 1. The van der Waals surface area contributed by atoms with E-state index < -0.39 is 0 Å². The molecule has 1 N–H and O–H groups in total. The van der Waals surface area contributed by atoms with Crippen LogP contribution in [-0.2, 0) is 0 Å². The Kier molecular flexibility index (Phi) is 3.20. The molecule has 80 valence electrons. The van der Waals surface area contributed by atoms with Crippen molar-refractivity contribution in [1.29, 1.82) is 5.26 Å². The molecule has 0 saturated heterocycles. The van der Waals surface area contributed by atoms with Crippen LogP contribution in [0.5, 0.6) is 0 Å². The molecule has 1 aromatic heterocycles. The first-order valence-corrected chi connectivity index (χ1v) is 5.78. The van der Waals surface area contributed by atoms with Crippen molar-refractivity contribution in [2.75, 3.05) is 0 Å². The molecule has 2 rings (SSSR count). The van der Waals surface area contributed by atoms with E-state index in [1.54, 1.807) is 18.2 Å². The van der Waals surface area contributed by atoms with Gasteiger partial charge in [-0.3, -0.25) is 0 Å². The van der Waals surface area contributed by atoms with E-state index in [0.29, 0.717) is 26.0 Å². The van der Waals surface area contributed by atoms with Gasteiger partial charge >= 0.3 is 0 Å². The van der Waals surface area contributed by atoms with Crippen LogP contribution in [0.25, 0.3) is 11.4 Å². The number of imidazole rings is 1. The van der Waals surface area contributed by atoms with E-state index in [2.05, 4.69) is 25.9 Å². The molecule has 0 fully saturated rings. The van der Waals surface area contributed by atoms with Gasteiger partial charge in [-0.1, -0.05) is 29.3 Å². The summed E-state index contributed by atoms with van der Waals surface area (Å²) in [4.78, 5) is 7.00. The Morgan fingerprint density at radius 2 is 1.94 bits per heavy atom. The zero-order chi connectivity index (χ0) is 11.7. The molecule has 1 aromatic carbocycles. The summed E-state index contributed by atoms with van der Waals surface area (Å²) in [5, 5.41) is 9.76. The fourth-order valence-corrected chi connectivity index (χ4v) is 2.21. The molecule has 2 aromatic rings. The summed E-state index contributed by atoms with van der Waals surface area (Å²) in [5.41, 5.74) is 0.860. The van der Waals surface area contributed by atoms with Crippen LogP contribution in [0.1, 0.15) is 5.69 Å². The topological polar surface area (TPSA) is 52.5 Å². The Labute approximate surface area is 110 Å². The zero-order valence-electron chi connectivity index (χ0n) is 7.76. The lowest BCUT2D eigenvalue weighted by atomic mass is 10.2. The Morgan fingerprint density at radius 3 is 2.44 bits per heavy atom. The number of benzene rings is 1. The van der Waals surface area contributed by atoms with E-state index in [0.717, 1.165) is 0 Å². The molecule has 0 saturated carbocycles. The van der Waals surface area contributed by atoms with Crippen LogP contribution in [0.4, 0.5) is 0 Å². The van der Waals surface area contributed by atoms with Crippen LogP contribution in [0, 0.1) is 11.3 Å². The molecule has 0 amide bonds. The van der Waals surface area contributed by atoms with Crippen molar-refractivity contribution in [3.05, 3.63) is 38.5 Å². The molecule has 0 aliphatic heterocycles. The van der Waals surface area contributed by atoms with Gasteiger partial charge in [-0.25, -0.2) is 4.98 Å². The molecule has 16 heavy (non-hydrogen) atoms. The molecule has 0 atom stereocenters. The number of hydrogen-bond donors (Lipinski definition) is 1. The smallest absolute Gasteiger partial charge is 0.173 e. The van der Waals surface area contributed by atoms with Gasteiger partial charge in [0.05, 0.1) is 15.6 Å². The summed E-state index contributed by atoms with van der Waals surface area (Å²) in [7, 11) is 0. The molecule has 0 radical (unpaired) electrons. The monoisotopic (exact) mass is 315 g/mol. The number of halogens is 3. The van der Waals surface area contributed by atoms with Gasteiger partial charge in [0.2, 0.25) is 0 Å². The van der Waals surface area contributed by atoms with E-state index in [1.165, 1.54) is 0 Å². The molecule has 0 unspecified atom stereocenters. The highest BCUT2D eigenvalue weighted by Crippen LogP contribution is 2.33. The van der Waals surface area contributed by atoms with Crippen LogP contribution in [-0.4, -0.2) is 9.97 Å². The largest absolute Gasteiger partial charge is 0.331 e. The average Bonchev–Trinajstić information content (AvgIpc) is 2.59. The van der Waals surface area contributed by atoms with Gasteiger partial charge in [0.1, 0.15) is 16.5 Å². The average molecular weight is 317 g/mol. The van der Waals surface area contributed by atoms with Crippen molar-refractivity contribution < 1.29 is 0 Å². The van der Waals surface area contributed by atoms with Gasteiger partial charge < -0.3 is 4.98 Å². The second kappa shape index (κ2) is 4.46. The molecule has 0 spiro atoms. The molecule has 1 heterocycles. The minimum absolute atomic E-state index is 0.269. The third-order valence-corrected chi connectivity index (χ3v) is 3.17. The third kappa shape index (κ3) is 1.94. The van der Waals surface area contributed by atoms with Crippen LogP contribution in [0.15, 0.2) is 22.8 Å². The first-order chi connectivity index (χ1) is 7.63. The number of nitrogens with zero attached hydrogens (tertiary/aromatic N) is 2. The van der Waals surface area contributed by atoms with E-state index in [-0.39, 0.29) is 5.69 Å². The fraction of sp³-hybridized carbons (Fsp3) is 0. The Bertz CT molecular complexity index is 566. The molecule has 3 nitrogen and oxygen atoms in total. The highest BCUT2D eigenvalue weighted by Gasteiger charge is 2.14. The van der Waals surface area contributed by atoms with Crippen LogP contribution >= 0.6 is 39.1 Å². The van der Waals surface area contributed by atoms with Gasteiger partial charge in [0, 0.05) is 0 Å². The maximum atomic E-state index is 8.79. The number of aromatic nitrogens is 2. The van der Waals surface area contributed by atoms with Crippen molar-refractivity contribution in [1.82, 2.24) is 9.97 Å². The van der Waals surface area contributed by atoms with Gasteiger partial charge in [-0.05, 0) is 28.1 Å². The van der Waals surface area contributed by atoms with Gasteiger partial charge in [0.15, 0.2) is 5.69 Å². The molecule has 0 aliphatic carbocycles. The summed E-state index contributed by atoms with van der Waals surface area (Å²) < 4.78 is 0.515. The maximum absolute atomic E-state index is 8.79. The van der Waals surface area contributed by atoms with Crippen LogP contribution in [0.3, 0.4) is 0 Å². The Morgan fingerprint density at radius 1 is 1.31 bits per heavy atom. The first kappa shape index (κ1) is 11.5. The number of nitriles is 1. The van der Waals surface area contributed by atoms with Crippen molar-refractivity contribution in [2.45, 2.75) is 0 Å². The normalized spacial score (nSPS) is 10.1. The fourth-order valence-electron chi connectivity index (χ4n) is 1.27. The summed E-state index contributed by atoms with van der Waals surface area (Å²) in [6.07, 6.45) is 0.